The van der Waals surface area contributed by atoms with Crippen LogP contribution in [-0.2, 0) is 21.2 Å². The van der Waals surface area contributed by atoms with E-state index in [-0.39, 0.29) is 17.2 Å². The minimum Gasteiger partial charge on any atom is -0.356 e. The highest BCUT2D eigenvalue weighted by molar-refractivity contribution is 7.89. The minimum absolute atomic E-state index is 0.0538. The van der Waals surface area contributed by atoms with Crippen molar-refractivity contribution >= 4 is 15.9 Å². The quantitative estimate of drug-likeness (QED) is 0.830. The van der Waals surface area contributed by atoms with Crippen LogP contribution >= 0.6 is 0 Å². The van der Waals surface area contributed by atoms with Gasteiger partial charge in [-0.15, -0.1) is 0 Å². The van der Waals surface area contributed by atoms with Gasteiger partial charge in [0.05, 0.1) is 10.8 Å². The maximum atomic E-state index is 13.3. The Morgan fingerprint density at radius 2 is 2.00 bits per heavy atom. The Balaban J connectivity index is 1.56. The Bertz CT molecular complexity index is 797. The van der Waals surface area contributed by atoms with Crippen LogP contribution in [0, 0.1) is 17.3 Å². The van der Waals surface area contributed by atoms with Crippen molar-refractivity contribution in [3.8, 4) is 0 Å². The van der Waals surface area contributed by atoms with Gasteiger partial charge < -0.3 is 5.32 Å². The van der Waals surface area contributed by atoms with Crippen molar-refractivity contribution in [2.75, 3.05) is 19.6 Å². The average Bonchev–Trinajstić information content (AvgIpc) is 3.34. The van der Waals surface area contributed by atoms with Crippen molar-refractivity contribution in [1.82, 2.24) is 9.62 Å². The van der Waals surface area contributed by atoms with Crippen LogP contribution in [0.4, 0.5) is 0 Å². The standard InChI is InChI=1S/C20H28N2O3S/c1-2-16-6-3-4-7-18(16)26(24,25)22-13-17(20(14-22)10-5-11-20)19(23)21-12-15-8-9-15/h3-4,6-7,15,17H,2,5,8-14H2,1H3,(H,21,23). The lowest BCUT2D eigenvalue weighted by atomic mass is 9.62. The summed E-state index contributed by atoms with van der Waals surface area (Å²) in [6, 6.07) is 7.23. The Morgan fingerprint density at radius 3 is 2.62 bits per heavy atom. The van der Waals surface area contributed by atoms with Gasteiger partial charge in [-0.2, -0.15) is 4.31 Å². The topological polar surface area (TPSA) is 66.5 Å². The second-order valence-corrected chi connectivity index (χ2v) is 10.1. The fraction of sp³-hybridized carbons (Fsp3) is 0.650. The molecular weight excluding hydrogens is 348 g/mol. The lowest BCUT2D eigenvalue weighted by Gasteiger charge is -2.42. The van der Waals surface area contributed by atoms with E-state index in [0.29, 0.717) is 30.3 Å². The second kappa shape index (κ2) is 6.64. The molecule has 0 aromatic heterocycles. The van der Waals surface area contributed by atoms with Gasteiger partial charge in [-0.25, -0.2) is 8.42 Å². The van der Waals surface area contributed by atoms with Crippen LogP contribution in [0.25, 0.3) is 0 Å². The lowest BCUT2D eigenvalue weighted by Crippen LogP contribution is -2.45. The van der Waals surface area contributed by atoms with Gasteiger partial charge in [-0.3, -0.25) is 4.79 Å². The summed E-state index contributed by atoms with van der Waals surface area (Å²) >= 11 is 0. The predicted molar refractivity (Wildman–Crippen MR) is 100 cm³/mol. The Kier molecular flexibility index (Phi) is 4.59. The highest BCUT2D eigenvalue weighted by atomic mass is 32.2. The van der Waals surface area contributed by atoms with E-state index < -0.39 is 10.0 Å². The van der Waals surface area contributed by atoms with Gasteiger partial charge in [0.2, 0.25) is 15.9 Å². The molecule has 6 heteroatoms. The fourth-order valence-corrected chi connectivity index (χ4v) is 6.33. The number of nitrogens with zero attached hydrogens (tertiary/aromatic N) is 1. The molecule has 2 aliphatic carbocycles. The van der Waals surface area contributed by atoms with Crippen LogP contribution in [0.15, 0.2) is 29.2 Å². The highest BCUT2D eigenvalue weighted by Crippen LogP contribution is 2.52. The molecule has 142 valence electrons. The number of hydrogen-bond acceptors (Lipinski definition) is 3. The number of nitrogens with one attached hydrogen (secondary N) is 1. The average molecular weight is 377 g/mol. The molecule has 3 fully saturated rings. The van der Waals surface area contributed by atoms with Crippen molar-refractivity contribution in [3.05, 3.63) is 29.8 Å². The summed E-state index contributed by atoms with van der Waals surface area (Å²) in [5, 5.41) is 3.08. The highest BCUT2D eigenvalue weighted by Gasteiger charge is 2.56. The number of aryl methyl sites for hydroxylation is 1. The summed E-state index contributed by atoms with van der Waals surface area (Å²) in [4.78, 5) is 13.2. The molecule has 1 N–H and O–H groups in total. The van der Waals surface area contributed by atoms with Gasteiger partial charge in [0.25, 0.3) is 0 Å². The van der Waals surface area contributed by atoms with Gasteiger partial charge in [0.15, 0.2) is 0 Å². The summed E-state index contributed by atoms with van der Waals surface area (Å²) in [5.74, 6) is 0.477. The molecule has 0 radical (unpaired) electrons. The first kappa shape index (κ1) is 18.0. The van der Waals surface area contributed by atoms with E-state index in [1.54, 1.807) is 16.4 Å². The summed E-state index contributed by atoms with van der Waals surface area (Å²) in [5.41, 5.74) is 0.693. The molecular formula is C20H28N2O3S. The number of rotatable bonds is 6. The third kappa shape index (κ3) is 3.07. The molecule has 5 nitrogen and oxygen atoms in total. The number of hydrogen-bond donors (Lipinski definition) is 1. The van der Waals surface area contributed by atoms with E-state index in [2.05, 4.69) is 5.32 Å². The first-order valence-corrected chi connectivity index (χ1v) is 11.3. The van der Waals surface area contributed by atoms with Crippen molar-refractivity contribution in [2.45, 2.75) is 50.3 Å². The van der Waals surface area contributed by atoms with E-state index in [0.717, 1.165) is 31.4 Å². The van der Waals surface area contributed by atoms with E-state index in [9.17, 15) is 13.2 Å². The fourth-order valence-electron chi connectivity index (χ4n) is 4.48. The molecule has 1 spiro atoms. The van der Waals surface area contributed by atoms with Crippen molar-refractivity contribution in [2.24, 2.45) is 17.3 Å². The first-order valence-electron chi connectivity index (χ1n) is 9.82. The van der Waals surface area contributed by atoms with Crippen LogP contribution in [0.2, 0.25) is 0 Å². The zero-order chi connectivity index (χ0) is 18.4. The maximum absolute atomic E-state index is 13.3. The number of sulfonamides is 1. The maximum Gasteiger partial charge on any atom is 0.243 e. The molecule has 1 aromatic rings. The van der Waals surface area contributed by atoms with E-state index in [4.69, 9.17) is 0 Å². The third-order valence-electron chi connectivity index (χ3n) is 6.52. The van der Waals surface area contributed by atoms with Crippen molar-refractivity contribution in [3.63, 3.8) is 0 Å². The molecule has 1 unspecified atom stereocenters. The minimum atomic E-state index is -3.56. The molecule has 3 aliphatic rings. The van der Waals surface area contributed by atoms with Crippen LogP contribution < -0.4 is 5.32 Å². The molecule has 26 heavy (non-hydrogen) atoms. The molecule has 1 atom stereocenters. The van der Waals surface area contributed by atoms with Crippen LogP contribution in [0.5, 0.6) is 0 Å². The van der Waals surface area contributed by atoms with Gasteiger partial charge in [-0.05, 0) is 55.1 Å². The number of benzene rings is 1. The Hall–Kier alpha value is -1.40. The number of amides is 1. The molecule has 1 amide bonds. The summed E-state index contributed by atoms with van der Waals surface area (Å²) in [6.07, 6.45) is 6.08. The molecule has 1 aromatic carbocycles. The summed E-state index contributed by atoms with van der Waals surface area (Å²) in [6.45, 7) is 3.52. The SMILES string of the molecule is CCc1ccccc1S(=O)(=O)N1CC(C(=O)NCC2CC2)C2(CCC2)C1. The van der Waals surface area contributed by atoms with E-state index >= 15 is 0 Å². The lowest BCUT2D eigenvalue weighted by molar-refractivity contribution is -0.129. The predicted octanol–water partition coefficient (Wildman–Crippen LogP) is 2.57. The largest absolute Gasteiger partial charge is 0.356 e. The van der Waals surface area contributed by atoms with E-state index in [1.165, 1.54) is 12.8 Å². The third-order valence-corrected chi connectivity index (χ3v) is 8.43. The summed E-state index contributed by atoms with van der Waals surface area (Å²) in [7, 11) is -3.56. The van der Waals surface area contributed by atoms with Crippen LogP contribution in [-0.4, -0.2) is 38.3 Å². The van der Waals surface area contributed by atoms with Gasteiger partial charge in [-0.1, -0.05) is 31.5 Å². The van der Waals surface area contributed by atoms with Gasteiger partial charge >= 0.3 is 0 Å². The molecule has 2 saturated carbocycles. The van der Waals surface area contributed by atoms with Crippen molar-refractivity contribution < 1.29 is 13.2 Å². The zero-order valence-electron chi connectivity index (χ0n) is 15.4. The van der Waals surface area contributed by atoms with Crippen LogP contribution in [0.1, 0.15) is 44.6 Å². The molecule has 1 aliphatic heterocycles. The normalized spacial score (nSPS) is 25.2. The molecule has 1 saturated heterocycles. The zero-order valence-corrected chi connectivity index (χ0v) is 16.2. The number of carbonyl (C=O) groups is 1. The number of carbonyl (C=O) groups excluding carboxylic acids is 1. The summed E-state index contributed by atoms with van der Waals surface area (Å²) < 4.78 is 28.1. The van der Waals surface area contributed by atoms with Crippen LogP contribution in [0.3, 0.4) is 0 Å². The van der Waals surface area contributed by atoms with Gasteiger partial charge in [0, 0.05) is 19.6 Å². The first-order chi connectivity index (χ1) is 12.5. The Morgan fingerprint density at radius 1 is 1.27 bits per heavy atom. The smallest absolute Gasteiger partial charge is 0.243 e. The molecule has 1 heterocycles. The second-order valence-electron chi connectivity index (χ2n) is 8.22. The Labute approximate surface area is 156 Å². The van der Waals surface area contributed by atoms with E-state index in [1.807, 2.05) is 19.1 Å². The van der Waals surface area contributed by atoms with Crippen molar-refractivity contribution in [1.29, 1.82) is 0 Å². The molecule has 0 bridgehead atoms. The monoisotopic (exact) mass is 376 g/mol. The van der Waals surface area contributed by atoms with Gasteiger partial charge in [0.1, 0.15) is 0 Å². The molecule has 4 rings (SSSR count).